The summed E-state index contributed by atoms with van der Waals surface area (Å²) in [6.45, 7) is 0. The third-order valence-corrected chi connectivity index (χ3v) is 3.32. The van der Waals surface area contributed by atoms with Crippen LogP contribution >= 0.6 is 27.3 Å². The number of hydrogen-bond donors (Lipinski definition) is 0. The molecule has 0 unspecified atom stereocenters. The fraction of sp³-hybridized carbons (Fsp3) is 0. The zero-order valence-electron chi connectivity index (χ0n) is 3.52. The molecule has 0 aliphatic rings. The van der Waals surface area contributed by atoms with Crippen LogP contribution in [0.4, 0.5) is 0 Å². The Kier molecular flexibility index (Phi) is 1.96. The maximum absolute atomic E-state index is 4.10. The van der Waals surface area contributed by atoms with E-state index >= 15 is 0 Å². The van der Waals surface area contributed by atoms with Crippen LogP contribution in [-0.2, 0) is 18.3 Å². The quantitative estimate of drug-likeness (QED) is 0.606. The third-order valence-electron chi connectivity index (χ3n) is 0.524. The van der Waals surface area contributed by atoms with Crippen molar-refractivity contribution in [1.29, 1.82) is 0 Å². The Morgan fingerprint density at radius 2 is 2.57 bits per heavy atom. The zero-order chi connectivity index (χ0) is 5.28. The molecule has 1 heterocycles. The van der Waals surface area contributed by atoms with Crippen LogP contribution in [0.15, 0.2) is 9.98 Å². The summed E-state index contributed by atoms with van der Waals surface area (Å²) < 4.78 is 2.20. The van der Waals surface area contributed by atoms with Gasteiger partial charge in [0.25, 0.3) is 0 Å². The SMILES string of the molecule is [Zn][c]1nc(Br)cs1. The summed E-state index contributed by atoms with van der Waals surface area (Å²) in [6.07, 6.45) is 0. The molecular weight excluding hydrogens is 227 g/mol. The molecule has 0 radical (unpaired) electrons. The Hall–Kier alpha value is 0.733. The van der Waals surface area contributed by atoms with Gasteiger partial charge in [0.05, 0.1) is 0 Å². The molecule has 0 amide bonds. The Morgan fingerprint density at radius 3 is 2.71 bits per heavy atom. The van der Waals surface area contributed by atoms with Crippen molar-refractivity contribution in [3.63, 3.8) is 0 Å². The molecule has 0 aromatic carbocycles. The Bertz CT molecular complexity index is 147. The Balaban J connectivity index is 3.04. The van der Waals surface area contributed by atoms with Crippen LogP contribution in [0.3, 0.4) is 0 Å². The van der Waals surface area contributed by atoms with Gasteiger partial charge in [-0.3, -0.25) is 0 Å². The predicted octanol–water partition coefficient (Wildman–Crippen LogP) is 1.08. The number of nitrogens with zero attached hydrogens (tertiary/aromatic N) is 1. The molecule has 0 N–H and O–H groups in total. The van der Waals surface area contributed by atoms with Crippen LogP contribution in [0.2, 0.25) is 0 Å². The predicted molar refractivity (Wildman–Crippen MR) is 29.4 cm³/mol. The van der Waals surface area contributed by atoms with E-state index in [1.54, 1.807) is 11.3 Å². The summed E-state index contributed by atoms with van der Waals surface area (Å²) in [5.41, 5.74) is 0. The van der Waals surface area contributed by atoms with Crippen molar-refractivity contribution in [3.8, 4) is 0 Å². The van der Waals surface area contributed by atoms with Crippen molar-refractivity contribution < 1.29 is 18.3 Å². The normalized spacial score (nSPS) is 9.57. The summed E-state index contributed by atoms with van der Waals surface area (Å²) in [5, 5.41) is 2.00. The van der Waals surface area contributed by atoms with Crippen molar-refractivity contribution in [2.45, 2.75) is 0 Å². The van der Waals surface area contributed by atoms with Gasteiger partial charge in [0, 0.05) is 0 Å². The van der Waals surface area contributed by atoms with E-state index in [-0.39, 0.29) is 0 Å². The minimum atomic E-state index is 0.971. The molecule has 0 saturated carbocycles. The van der Waals surface area contributed by atoms with Crippen molar-refractivity contribution in [2.75, 3.05) is 0 Å². The first-order valence-corrected chi connectivity index (χ1v) is 4.87. The van der Waals surface area contributed by atoms with Gasteiger partial charge in [0.2, 0.25) is 0 Å². The van der Waals surface area contributed by atoms with Crippen LogP contribution in [-0.4, -0.2) is 4.98 Å². The van der Waals surface area contributed by atoms with Gasteiger partial charge in [-0.25, -0.2) is 0 Å². The third kappa shape index (κ3) is 1.59. The molecule has 4 heteroatoms. The Morgan fingerprint density at radius 1 is 1.86 bits per heavy atom. The first-order chi connectivity index (χ1) is 3.29. The second kappa shape index (κ2) is 2.34. The molecule has 0 atom stereocenters. The number of halogens is 1. The molecule has 0 saturated heterocycles. The van der Waals surface area contributed by atoms with Gasteiger partial charge in [-0.15, -0.1) is 0 Å². The van der Waals surface area contributed by atoms with Gasteiger partial charge < -0.3 is 0 Å². The van der Waals surface area contributed by atoms with Gasteiger partial charge in [-0.1, -0.05) is 0 Å². The van der Waals surface area contributed by atoms with Gasteiger partial charge >= 0.3 is 64.1 Å². The summed E-state index contributed by atoms with van der Waals surface area (Å²) in [6, 6.07) is 0. The fourth-order valence-electron chi connectivity index (χ4n) is 0.288. The second-order valence-electron chi connectivity index (χ2n) is 1.06. The van der Waals surface area contributed by atoms with Gasteiger partial charge in [-0.2, -0.15) is 0 Å². The molecule has 0 bridgehead atoms. The standard InChI is InChI=1S/C3HBrNS.Zn/c4-3-1-6-2-5-3;/h1H;. The van der Waals surface area contributed by atoms with E-state index in [4.69, 9.17) is 0 Å². The van der Waals surface area contributed by atoms with Crippen molar-refractivity contribution in [1.82, 2.24) is 4.98 Å². The summed E-state index contributed by atoms with van der Waals surface area (Å²) in [5.74, 6) is 0. The second-order valence-corrected chi connectivity index (χ2v) is 5.30. The Labute approximate surface area is 64.0 Å². The fourth-order valence-corrected chi connectivity index (χ4v) is 2.70. The van der Waals surface area contributed by atoms with Gasteiger partial charge in [0.1, 0.15) is 0 Å². The molecule has 0 fully saturated rings. The van der Waals surface area contributed by atoms with Crippen molar-refractivity contribution in [2.24, 2.45) is 0 Å². The van der Waals surface area contributed by atoms with Gasteiger partial charge in [-0.05, 0) is 0 Å². The summed E-state index contributed by atoms with van der Waals surface area (Å²) >= 11 is 6.12. The average Bonchev–Trinajstić information content (AvgIpc) is 1.87. The van der Waals surface area contributed by atoms with E-state index in [1.807, 2.05) is 5.38 Å². The molecule has 1 rings (SSSR count). The van der Waals surface area contributed by atoms with E-state index in [1.165, 1.54) is 3.60 Å². The minimum absolute atomic E-state index is 0.971. The average molecular weight is 228 g/mol. The van der Waals surface area contributed by atoms with Crippen LogP contribution in [0, 0.1) is 0 Å². The van der Waals surface area contributed by atoms with E-state index in [9.17, 15) is 0 Å². The van der Waals surface area contributed by atoms with Crippen molar-refractivity contribution >= 4 is 30.9 Å². The molecule has 1 aromatic heterocycles. The van der Waals surface area contributed by atoms with Crippen LogP contribution in [0.25, 0.3) is 0 Å². The van der Waals surface area contributed by atoms with Crippen LogP contribution < -0.4 is 3.60 Å². The summed E-state index contributed by atoms with van der Waals surface area (Å²) in [4.78, 5) is 4.10. The maximum atomic E-state index is 4.10. The molecule has 33 valence electrons. The number of thiazole rings is 1. The first kappa shape index (κ1) is 5.86. The monoisotopic (exact) mass is 226 g/mol. The van der Waals surface area contributed by atoms with Crippen LogP contribution in [0.1, 0.15) is 0 Å². The molecule has 1 nitrogen and oxygen atoms in total. The molecule has 0 aliphatic carbocycles. The zero-order valence-corrected chi connectivity index (χ0v) is 8.89. The van der Waals surface area contributed by atoms with E-state index in [2.05, 4.69) is 20.9 Å². The summed E-state index contributed by atoms with van der Waals surface area (Å²) in [7, 11) is 0. The van der Waals surface area contributed by atoms with E-state index in [0.29, 0.717) is 0 Å². The number of hydrogen-bond acceptors (Lipinski definition) is 2. The van der Waals surface area contributed by atoms with E-state index in [0.717, 1.165) is 22.9 Å². The molecule has 0 spiro atoms. The molecule has 7 heavy (non-hydrogen) atoms. The van der Waals surface area contributed by atoms with Gasteiger partial charge in [0.15, 0.2) is 0 Å². The van der Waals surface area contributed by atoms with Crippen LogP contribution in [0.5, 0.6) is 0 Å². The van der Waals surface area contributed by atoms with E-state index < -0.39 is 0 Å². The molecule has 0 aliphatic heterocycles. The number of aromatic nitrogens is 1. The first-order valence-electron chi connectivity index (χ1n) is 1.72. The molecular formula is C3HBrNSZn. The number of rotatable bonds is 0. The van der Waals surface area contributed by atoms with Crippen molar-refractivity contribution in [3.05, 3.63) is 9.98 Å². The topological polar surface area (TPSA) is 12.9 Å². The molecule has 1 aromatic rings.